The smallest absolute Gasteiger partial charge is 0.260 e. The van der Waals surface area contributed by atoms with Gasteiger partial charge in [0, 0.05) is 36.9 Å². The number of piperazine rings is 1. The topological polar surface area (TPSA) is 32.8 Å². The Morgan fingerprint density at radius 3 is 2.40 bits per heavy atom. The van der Waals surface area contributed by atoms with Crippen molar-refractivity contribution in [3.8, 4) is 5.75 Å². The molecule has 25 heavy (non-hydrogen) atoms. The Bertz CT molecular complexity index is 738. The van der Waals surface area contributed by atoms with Crippen molar-refractivity contribution in [2.45, 2.75) is 13.8 Å². The molecule has 0 bridgehead atoms. The Morgan fingerprint density at radius 2 is 1.72 bits per heavy atom. The predicted octanol–water partition coefficient (Wildman–Crippen LogP) is 3.68. The molecule has 1 aliphatic heterocycles. The molecule has 1 fully saturated rings. The van der Waals surface area contributed by atoms with Crippen molar-refractivity contribution < 1.29 is 9.53 Å². The van der Waals surface area contributed by atoms with Crippen LogP contribution < -0.4 is 9.64 Å². The maximum atomic E-state index is 12.4. The lowest BCUT2D eigenvalue weighted by Gasteiger charge is -2.36. The van der Waals surface area contributed by atoms with Gasteiger partial charge in [0.15, 0.2) is 6.61 Å². The Morgan fingerprint density at radius 1 is 1.04 bits per heavy atom. The molecule has 5 heteroatoms. The van der Waals surface area contributed by atoms with Crippen LogP contribution in [0, 0.1) is 13.8 Å². The van der Waals surface area contributed by atoms with Crippen LogP contribution in [-0.4, -0.2) is 43.6 Å². The molecule has 3 rings (SSSR count). The van der Waals surface area contributed by atoms with Crippen molar-refractivity contribution in [3.63, 3.8) is 0 Å². The largest absolute Gasteiger partial charge is 0.484 e. The summed E-state index contributed by atoms with van der Waals surface area (Å²) in [5, 5.41) is 0.741. The summed E-state index contributed by atoms with van der Waals surface area (Å²) in [7, 11) is 0. The van der Waals surface area contributed by atoms with E-state index in [-0.39, 0.29) is 12.5 Å². The number of carbonyl (C=O) groups excluding carboxylic acids is 1. The normalized spacial score (nSPS) is 14.5. The van der Waals surface area contributed by atoms with E-state index in [9.17, 15) is 4.79 Å². The fourth-order valence-electron chi connectivity index (χ4n) is 2.99. The second-order valence-corrected chi connectivity index (χ2v) is 6.84. The lowest BCUT2D eigenvalue weighted by atomic mass is 10.1. The first kappa shape index (κ1) is 17.6. The molecule has 0 saturated carbocycles. The Labute approximate surface area is 154 Å². The fourth-order valence-corrected chi connectivity index (χ4v) is 3.16. The van der Waals surface area contributed by atoms with E-state index in [1.54, 1.807) is 0 Å². The average Bonchev–Trinajstić information content (AvgIpc) is 2.63. The van der Waals surface area contributed by atoms with Crippen molar-refractivity contribution in [1.82, 2.24) is 4.90 Å². The molecule has 1 saturated heterocycles. The summed E-state index contributed by atoms with van der Waals surface area (Å²) in [5.41, 5.74) is 3.52. The highest BCUT2D eigenvalue weighted by molar-refractivity contribution is 6.30. The number of aryl methyl sites for hydroxylation is 2. The van der Waals surface area contributed by atoms with Gasteiger partial charge in [-0.3, -0.25) is 4.79 Å². The molecule has 1 heterocycles. The first-order valence-corrected chi connectivity index (χ1v) is 8.89. The summed E-state index contributed by atoms with van der Waals surface area (Å²) in [5.74, 6) is 0.759. The lowest BCUT2D eigenvalue weighted by molar-refractivity contribution is -0.133. The number of amides is 1. The molecule has 0 aliphatic carbocycles. The van der Waals surface area contributed by atoms with Gasteiger partial charge in [0.2, 0.25) is 0 Å². The van der Waals surface area contributed by atoms with E-state index in [0.717, 1.165) is 29.5 Å². The maximum absolute atomic E-state index is 12.4. The van der Waals surface area contributed by atoms with Crippen molar-refractivity contribution in [3.05, 3.63) is 58.6 Å². The number of benzene rings is 2. The molecule has 1 aliphatic rings. The molecule has 0 N–H and O–H groups in total. The highest BCUT2D eigenvalue weighted by Crippen LogP contribution is 2.25. The fraction of sp³-hybridized carbons (Fsp3) is 0.350. The number of anilines is 1. The van der Waals surface area contributed by atoms with Gasteiger partial charge in [-0.2, -0.15) is 0 Å². The molecule has 1 amide bonds. The third kappa shape index (κ3) is 4.45. The molecule has 2 aromatic rings. The van der Waals surface area contributed by atoms with Gasteiger partial charge in [-0.15, -0.1) is 0 Å². The Balaban J connectivity index is 1.52. The van der Waals surface area contributed by atoms with Crippen LogP contribution in [0.15, 0.2) is 42.5 Å². The monoisotopic (exact) mass is 358 g/mol. The second kappa shape index (κ2) is 7.79. The number of hydrogen-bond acceptors (Lipinski definition) is 3. The Hall–Kier alpha value is -2.20. The summed E-state index contributed by atoms with van der Waals surface area (Å²) in [6, 6.07) is 13.7. The SMILES string of the molecule is Cc1ccc(OCC(=O)N2CCN(c3cc(Cl)ccc3C)CC2)cc1. The molecule has 0 spiro atoms. The van der Waals surface area contributed by atoms with E-state index in [2.05, 4.69) is 11.8 Å². The molecule has 0 atom stereocenters. The van der Waals surface area contributed by atoms with Gasteiger partial charge >= 0.3 is 0 Å². The van der Waals surface area contributed by atoms with E-state index in [0.29, 0.717) is 13.1 Å². The van der Waals surface area contributed by atoms with Crippen LogP contribution in [0.3, 0.4) is 0 Å². The van der Waals surface area contributed by atoms with E-state index in [1.807, 2.05) is 54.3 Å². The van der Waals surface area contributed by atoms with E-state index in [4.69, 9.17) is 16.3 Å². The molecular formula is C20H23ClN2O2. The minimum Gasteiger partial charge on any atom is -0.484 e. The van der Waals surface area contributed by atoms with Gasteiger partial charge in [-0.05, 0) is 43.7 Å². The summed E-state index contributed by atoms with van der Waals surface area (Å²) >= 11 is 6.12. The van der Waals surface area contributed by atoms with Crippen molar-refractivity contribution >= 4 is 23.2 Å². The zero-order valence-corrected chi connectivity index (χ0v) is 15.4. The molecular weight excluding hydrogens is 336 g/mol. The summed E-state index contributed by atoms with van der Waals surface area (Å²) in [4.78, 5) is 16.5. The number of rotatable bonds is 4. The third-order valence-electron chi connectivity index (χ3n) is 4.53. The standard InChI is InChI=1S/C20H23ClN2O2/c1-15-3-7-18(8-4-15)25-14-20(24)23-11-9-22(10-12-23)19-13-17(21)6-5-16(19)2/h3-8,13H,9-12,14H2,1-2H3. The van der Waals surface area contributed by atoms with Crippen LogP contribution in [-0.2, 0) is 4.79 Å². The number of carbonyl (C=O) groups is 1. The number of halogens is 1. The van der Waals surface area contributed by atoms with Crippen LogP contribution in [0.25, 0.3) is 0 Å². The average molecular weight is 359 g/mol. The summed E-state index contributed by atoms with van der Waals surface area (Å²) in [6.07, 6.45) is 0. The van der Waals surface area contributed by atoms with Gasteiger partial charge in [-0.1, -0.05) is 35.4 Å². The van der Waals surface area contributed by atoms with Gasteiger partial charge in [0.1, 0.15) is 5.75 Å². The molecule has 0 radical (unpaired) electrons. The van der Waals surface area contributed by atoms with Gasteiger partial charge in [0.25, 0.3) is 5.91 Å². The zero-order chi connectivity index (χ0) is 17.8. The van der Waals surface area contributed by atoms with E-state index >= 15 is 0 Å². The lowest BCUT2D eigenvalue weighted by Crippen LogP contribution is -2.50. The van der Waals surface area contributed by atoms with Crippen molar-refractivity contribution in [1.29, 1.82) is 0 Å². The first-order valence-electron chi connectivity index (χ1n) is 8.51. The van der Waals surface area contributed by atoms with Crippen LogP contribution in [0.1, 0.15) is 11.1 Å². The van der Waals surface area contributed by atoms with E-state index < -0.39 is 0 Å². The van der Waals surface area contributed by atoms with E-state index in [1.165, 1.54) is 11.1 Å². The number of nitrogens with zero attached hydrogens (tertiary/aromatic N) is 2. The second-order valence-electron chi connectivity index (χ2n) is 6.40. The van der Waals surface area contributed by atoms with Crippen LogP contribution in [0.5, 0.6) is 5.75 Å². The number of hydrogen-bond donors (Lipinski definition) is 0. The van der Waals surface area contributed by atoms with Crippen molar-refractivity contribution in [2.75, 3.05) is 37.7 Å². The van der Waals surface area contributed by atoms with Gasteiger partial charge in [0.05, 0.1) is 0 Å². The highest BCUT2D eigenvalue weighted by atomic mass is 35.5. The van der Waals surface area contributed by atoms with Crippen LogP contribution in [0.2, 0.25) is 5.02 Å². The summed E-state index contributed by atoms with van der Waals surface area (Å²) < 4.78 is 5.60. The molecule has 0 aromatic heterocycles. The van der Waals surface area contributed by atoms with Crippen LogP contribution in [0.4, 0.5) is 5.69 Å². The molecule has 132 valence electrons. The molecule has 0 unspecified atom stereocenters. The van der Waals surface area contributed by atoms with Gasteiger partial charge < -0.3 is 14.5 Å². The highest BCUT2D eigenvalue weighted by Gasteiger charge is 2.22. The predicted molar refractivity (Wildman–Crippen MR) is 102 cm³/mol. The quantitative estimate of drug-likeness (QED) is 0.835. The third-order valence-corrected chi connectivity index (χ3v) is 4.76. The number of ether oxygens (including phenoxy) is 1. The van der Waals surface area contributed by atoms with Crippen molar-refractivity contribution in [2.24, 2.45) is 0 Å². The van der Waals surface area contributed by atoms with Crippen LogP contribution >= 0.6 is 11.6 Å². The zero-order valence-electron chi connectivity index (χ0n) is 14.7. The minimum atomic E-state index is 0.0306. The molecule has 4 nitrogen and oxygen atoms in total. The van der Waals surface area contributed by atoms with Gasteiger partial charge in [-0.25, -0.2) is 0 Å². The summed E-state index contributed by atoms with van der Waals surface area (Å²) in [6.45, 7) is 7.19. The first-order chi connectivity index (χ1) is 12.0. The maximum Gasteiger partial charge on any atom is 0.260 e. The Kier molecular flexibility index (Phi) is 5.49. The molecule has 2 aromatic carbocycles. The minimum absolute atomic E-state index is 0.0306.